The summed E-state index contributed by atoms with van der Waals surface area (Å²) in [5.74, 6) is 0.975. The molecule has 166 valence electrons. The highest BCUT2D eigenvalue weighted by Crippen LogP contribution is 2.41. The summed E-state index contributed by atoms with van der Waals surface area (Å²) >= 11 is 1.62. The summed E-state index contributed by atoms with van der Waals surface area (Å²) in [5, 5.41) is 4.89. The molecule has 0 atom stereocenters. The molecule has 2 saturated heterocycles. The maximum atomic E-state index is 13.1. The third kappa shape index (κ3) is 3.93. The Balaban J connectivity index is 1.21. The van der Waals surface area contributed by atoms with Gasteiger partial charge in [0, 0.05) is 37.6 Å². The molecule has 3 aromatic rings. The van der Waals surface area contributed by atoms with Crippen LogP contribution in [0.1, 0.15) is 35.4 Å². The van der Waals surface area contributed by atoms with Gasteiger partial charge in [-0.2, -0.15) is 11.3 Å². The summed E-state index contributed by atoms with van der Waals surface area (Å²) in [6.45, 7) is 2.90. The molecule has 0 radical (unpaired) electrons. The molecule has 0 N–H and O–H groups in total. The number of carbonyl (C=O) groups is 2. The molecule has 0 aliphatic carbocycles. The first-order valence-electron chi connectivity index (χ1n) is 10.9. The van der Waals surface area contributed by atoms with Crippen molar-refractivity contribution in [2.24, 2.45) is 5.41 Å². The maximum absolute atomic E-state index is 13.1. The van der Waals surface area contributed by atoms with Crippen molar-refractivity contribution < 1.29 is 18.7 Å². The average molecular weight is 451 g/mol. The van der Waals surface area contributed by atoms with Gasteiger partial charge in [0.1, 0.15) is 0 Å². The highest BCUT2D eigenvalue weighted by Gasteiger charge is 2.43. The van der Waals surface area contributed by atoms with Gasteiger partial charge in [0.2, 0.25) is 5.91 Å². The lowest BCUT2D eigenvalue weighted by atomic mass is 9.78. The van der Waals surface area contributed by atoms with Crippen molar-refractivity contribution in [1.29, 1.82) is 0 Å². The quantitative estimate of drug-likeness (QED) is 0.542. The third-order valence-electron chi connectivity index (χ3n) is 6.76. The fourth-order valence-electron chi connectivity index (χ4n) is 4.82. The van der Waals surface area contributed by atoms with Crippen LogP contribution in [0.5, 0.6) is 5.75 Å². The van der Waals surface area contributed by atoms with E-state index in [2.05, 4.69) is 0 Å². The second-order valence-electron chi connectivity index (χ2n) is 8.68. The molecule has 2 aromatic heterocycles. The fourth-order valence-corrected chi connectivity index (χ4v) is 5.45. The van der Waals surface area contributed by atoms with Crippen molar-refractivity contribution >= 4 is 40.2 Å². The highest BCUT2D eigenvalue weighted by molar-refractivity contribution is 7.08. The summed E-state index contributed by atoms with van der Waals surface area (Å²) in [6.07, 6.45) is 6.35. The van der Waals surface area contributed by atoms with E-state index in [-0.39, 0.29) is 17.2 Å². The van der Waals surface area contributed by atoms with Gasteiger partial charge in [-0.1, -0.05) is 12.1 Å². The van der Waals surface area contributed by atoms with Gasteiger partial charge in [-0.15, -0.1) is 0 Å². The molecule has 7 heteroatoms. The van der Waals surface area contributed by atoms with Gasteiger partial charge < -0.3 is 19.0 Å². The van der Waals surface area contributed by atoms with Gasteiger partial charge in [-0.05, 0) is 65.3 Å². The molecule has 4 heterocycles. The van der Waals surface area contributed by atoms with Crippen LogP contribution in [-0.4, -0.2) is 54.9 Å². The van der Waals surface area contributed by atoms with E-state index >= 15 is 0 Å². The first-order chi connectivity index (χ1) is 15.6. The molecule has 1 spiro atoms. The number of methoxy groups -OCH3 is 1. The predicted octanol–water partition coefficient (Wildman–Crippen LogP) is 4.67. The number of furan rings is 1. The number of likely N-dealkylation sites (tertiary alicyclic amines) is 2. The Morgan fingerprint density at radius 3 is 2.62 bits per heavy atom. The normalized spacial score (nSPS) is 18.2. The first kappa shape index (κ1) is 20.8. The van der Waals surface area contributed by atoms with Crippen LogP contribution >= 0.6 is 11.3 Å². The predicted molar refractivity (Wildman–Crippen MR) is 125 cm³/mol. The van der Waals surface area contributed by atoms with Crippen molar-refractivity contribution in [2.75, 3.05) is 33.3 Å². The van der Waals surface area contributed by atoms with Crippen molar-refractivity contribution in [3.8, 4) is 5.75 Å². The summed E-state index contributed by atoms with van der Waals surface area (Å²) in [7, 11) is 1.60. The van der Waals surface area contributed by atoms with E-state index in [4.69, 9.17) is 9.15 Å². The molecule has 5 rings (SSSR count). The summed E-state index contributed by atoms with van der Waals surface area (Å²) in [4.78, 5) is 29.5. The van der Waals surface area contributed by atoms with E-state index in [0.717, 1.165) is 49.8 Å². The average Bonchev–Trinajstić information content (AvgIpc) is 3.57. The fraction of sp³-hybridized carbons (Fsp3) is 0.360. The van der Waals surface area contributed by atoms with Crippen LogP contribution in [0.15, 0.2) is 51.6 Å². The Kier molecular flexibility index (Phi) is 5.51. The van der Waals surface area contributed by atoms with E-state index in [1.165, 1.54) is 0 Å². The molecule has 6 nitrogen and oxygen atoms in total. The van der Waals surface area contributed by atoms with E-state index in [9.17, 15) is 9.59 Å². The highest BCUT2D eigenvalue weighted by atomic mass is 32.1. The number of fused-ring (bicyclic) bond motifs is 1. The molecule has 2 fully saturated rings. The molecule has 0 bridgehead atoms. The Morgan fingerprint density at radius 2 is 1.91 bits per heavy atom. The Morgan fingerprint density at radius 1 is 1.12 bits per heavy atom. The van der Waals surface area contributed by atoms with Gasteiger partial charge in [-0.25, -0.2) is 0 Å². The molecular formula is C25H26N2O4S. The lowest BCUT2D eigenvalue weighted by Crippen LogP contribution is -2.44. The third-order valence-corrected chi connectivity index (χ3v) is 7.46. The number of piperidine rings is 1. The zero-order valence-electron chi connectivity index (χ0n) is 18.1. The van der Waals surface area contributed by atoms with Crippen LogP contribution in [0, 0.1) is 5.41 Å². The summed E-state index contributed by atoms with van der Waals surface area (Å²) in [6, 6.07) is 9.44. The number of para-hydroxylation sites is 1. The SMILES string of the molecule is COc1cccc2cc(C(=O)N3CCC4(CCN(C(=O)C=Cc5ccsc5)CC4)C3)oc12. The smallest absolute Gasteiger partial charge is 0.289 e. The Bertz CT molecular complexity index is 1160. The van der Waals surface area contributed by atoms with Crippen LogP contribution < -0.4 is 4.74 Å². The summed E-state index contributed by atoms with van der Waals surface area (Å²) in [5.41, 5.74) is 1.76. The minimum atomic E-state index is -0.0719. The van der Waals surface area contributed by atoms with Crippen LogP contribution in [0.25, 0.3) is 17.0 Å². The largest absolute Gasteiger partial charge is 0.493 e. The number of hydrogen-bond acceptors (Lipinski definition) is 5. The molecule has 0 unspecified atom stereocenters. The molecule has 0 saturated carbocycles. The topological polar surface area (TPSA) is 63.0 Å². The molecular weight excluding hydrogens is 424 g/mol. The van der Waals surface area contributed by atoms with Gasteiger partial charge in [0.15, 0.2) is 17.1 Å². The minimum Gasteiger partial charge on any atom is -0.493 e. The maximum Gasteiger partial charge on any atom is 0.289 e. The number of carbonyl (C=O) groups excluding carboxylic acids is 2. The Hall–Kier alpha value is -3.06. The lowest BCUT2D eigenvalue weighted by Gasteiger charge is -2.38. The lowest BCUT2D eigenvalue weighted by molar-refractivity contribution is -0.128. The number of amides is 2. The molecule has 2 aliphatic heterocycles. The van der Waals surface area contributed by atoms with Crippen molar-refractivity contribution in [2.45, 2.75) is 19.3 Å². The summed E-state index contributed by atoms with van der Waals surface area (Å²) < 4.78 is 11.2. The standard InChI is InChI=1S/C25H26N2O4S/c1-30-20-4-2-3-19-15-21(31-23(19)20)24(29)27-13-10-25(17-27)8-11-26(12-9-25)22(28)6-5-18-7-14-32-16-18/h2-7,14-16H,8-13,17H2,1H3. The number of nitrogens with zero attached hydrogens (tertiary/aromatic N) is 2. The van der Waals surface area contributed by atoms with E-state index in [1.54, 1.807) is 30.6 Å². The van der Waals surface area contributed by atoms with Gasteiger partial charge in [0.25, 0.3) is 5.91 Å². The molecule has 2 amide bonds. The van der Waals surface area contributed by atoms with Crippen molar-refractivity contribution in [3.63, 3.8) is 0 Å². The molecule has 2 aliphatic rings. The van der Waals surface area contributed by atoms with E-state index in [1.807, 2.05) is 50.9 Å². The number of hydrogen-bond donors (Lipinski definition) is 0. The Labute approximate surface area is 191 Å². The van der Waals surface area contributed by atoms with E-state index in [0.29, 0.717) is 23.6 Å². The monoisotopic (exact) mass is 450 g/mol. The second kappa shape index (κ2) is 8.47. The molecule has 32 heavy (non-hydrogen) atoms. The van der Waals surface area contributed by atoms with Crippen LogP contribution in [0.3, 0.4) is 0 Å². The van der Waals surface area contributed by atoms with Crippen LogP contribution in [0.4, 0.5) is 0 Å². The van der Waals surface area contributed by atoms with Crippen LogP contribution in [0.2, 0.25) is 0 Å². The van der Waals surface area contributed by atoms with Gasteiger partial charge in [0.05, 0.1) is 7.11 Å². The zero-order valence-corrected chi connectivity index (χ0v) is 18.9. The number of ether oxygens (including phenoxy) is 1. The number of benzene rings is 1. The number of rotatable bonds is 4. The number of thiophene rings is 1. The second-order valence-corrected chi connectivity index (χ2v) is 9.46. The molecule has 1 aromatic carbocycles. The first-order valence-corrected chi connectivity index (χ1v) is 11.9. The zero-order chi connectivity index (χ0) is 22.1. The van der Waals surface area contributed by atoms with E-state index < -0.39 is 0 Å². The van der Waals surface area contributed by atoms with Crippen LogP contribution in [-0.2, 0) is 4.79 Å². The minimum absolute atomic E-state index is 0.0632. The van der Waals surface area contributed by atoms with Gasteiger partial charge >= 0.3 is 0 Å². The van der Waals surface area contributed by atoms with Crippen molar-refractivity contribution in [1.82, 2.24) is 9.80 Å². The van der Waals surface area contributed by atoms with Gasteiger partial charge in [-0.3, -0.25) is 9.59 Å². The van der Waals surface area contributed by atoms with Crippen molar-refractivity contribution in [3.05, 3.63) is 58.5 Å².